The topological polar surface area (TPSA) is 86.8 Å². The van der Waals surface area contributed by atoms with Crippen LogP contribution in [0.15, 0.2) is 102 Å². The molecule has 4 aromatic carbocycles. The van der Waals surface area contributed by atoms with Crippen molar-refractivity contribution >= 4 is 62.3 Å². The molecule has 0 bridgehead atoms. The molecule has 4 rings (SSSR count). The van der Waals surface area contributed by atoms with Gasteiger partial charge in [0.25, 0.3) is 10.0 Å². The van der Waals surface area contributed by atoms with Crippen LogP contribution in [-0.4, -0.2) is 43.3 Å². The number of amides is 2. The zero-order valence-electron chi connectivity index (χ0n) is 26.0. The number of aryl methyl sites for hydroxylation is 1. The summed E-state index contributed by atoms with van der Waals surface area (Å²) in [5.41, 5.74) is 1.55. The Hall–Kier alpha value is -3.56. The van der Waals surface area contributed by atoms with Crippen molar-refractivity contribution in [1.29, 1.82) is 0 Å². The predicted octanol–water partition coefficient (Wildman–Crippen LogP) is 7.71. The number of hydrogen-bond acceptors (Lipinski definition) is 4. The molecule has 0 fully saturated rings. The molecule has 7 nitrogen and oxygen atoms in total. The largest absolute Gasteiger partial charge is 0.350 e. The smallest absolute Gasteiger partial charge is 0.264 e. The first-order chi connectivity index (χ1) is 21.7. The Kier molecular flexibility index (Phi) is 11.4. The van der Waals surface area contributed by atoms with Gasteiger partial charge in [0.05, 0.1) is 10.6 Å². The first-order valence-electron chi connectivity index (χ1n) is 14.6. The Bertz CT molecular complexity index is 1780. The van der Waals surface area contributed by atoms with E-state index in [4.69, 9.17) is 34.8 Å². The van der Waals surface area contributed by atoms with Gasteiger partial charge in [0.15, 0.2) is 0 Å². The third-order valence-corrected chi connectivity index (χ3v) is 10.1. The molecule has 0 unspecified atom stereocenters. The Labute approximate surface area is 286 Å². The summed E-state index contributed by atoms with van der Waals surface area (Å²) in [7, 11) is -4.26. The van der Waals surface area contributed by atoms with Gasteiger partial charge in [-0.2, -0.15) is 0 Å². The minimum atomic E-state index is -4.26. The molecule has 11 heteroatoms. The number of carbonyl (C=O) groups is 2. The van der Waals surface area contributed by atoms with Crippen LogP contribution in [-0.2, 0) is 32.6 Å². The Balaban J connectivity index is 1.86. The second-order valence-corrected chi connectivity index (χ2v) is 15.0. The van der Waals surface area contributed by atoms with Gasteiger partial charge >= 0.3 is 0 Å². The molecule has 0 saturated heterocycles. The zero-order chi connectivity index (χ0) is 33.6. The van der Waals surface area contributed by atoms with Crippen molar-refractivity contribution in [2.45, 2.75) is 57.1 Å². The number of halogens is 3. The standard InChI is InChI=1S/C35H36Cl3N3O4S/c1-24-18-19-26(21-31(24)38)41(46(44,45)27-14-9-6-10-15-27)23-33(42)40(22-28-29(36)16-11-17-30(28)37)32(34(43)39-35(2,3)4)20-25-12-7-5-8-13-25/h5-19,21,32H,20,22-23H2,1-4H3,(H,39,43)/t32-/m1/s1. The van der Waals surface area contributed by atoms with E-state index in [0.717, 1.165) is 15.4 Å². The van der Waals surface area contributed by atoms with Gasteiger partial charge in [0, 0.05) is 39.1 Å². The van der Waals surface area contributed by atoms with E-state index in [2.05, 4.69) is 5.32 Å². The maximum Gasteiger partial charge on any atom is 0.264 e. The highest BCUT2D eigenvalue weighted by Gasteiger charge is 2.36. The lowest BCUT2D eigenvalue weighted by atomic mass is 10.0. The van der Waals surface area contributed by atoms with Gasteiger partial charge < -0.3 is 10.2 Å². The summed E-state index contributed by atoms with van der Waals surface area (Å²) in [6.45, 7) is 6.54. The van der Waals surface area contributed by atoms with Crippen molar-refractivity contribution < 1.29 is 18.0 Å². The highest BCUT2D eigenvalue weighted by atomic mass is 35.5. The van der Waals surface area contributed by atoms with E-state index < -0.39 is 40.0 Å². The summed E-state index contributed by atoms with van der Waals surface area (Å²) < 4.78 is 29.3. The number of benzene rings is 4. The van der Waals surface area contributed by atoms with Crippen molar-refractivity contribution in [3.05, 3.63) is 129 Å². The van der Waals surface area contributed by atoms with E-state index in [9.17, 15) is 18.0 Å². The van der Waals surface area contributed by atoms with Crippen molar-refractivity contribution in [2.75, 3.05) is 10.8 Å². The molecule has 1 atom stereocenters. The van der Waals surface area contributed by atoms with E-state index in [0.29, 0.717) is 20.6 Å². The van der Waals surface area contributed by atoms with Gasteiger partial charge in [-0.15, -0.1) is 0 Å². The maximum atomic E-state index is 14.6. The molecule has 1 N–H and O–H groups in total. The van der Waals surface area contributed by atoms with Crippen LogP contribution in [0.3, 0.4) is 0 Å². The number of nitrogens with one attached hydrogen (secondary N) is 1. The van der Waals surface area contributed by atoms with Crippen LogP contribution in [0.25, 0.3) is 0 Å². The summed E-state index contributed by atoms with van der Waals surface area (Å²) in [6, 6.07) is 25.8. The van der Waals surface area contributed by atoms with Crippen LogP contribution in [0.5, 0.6) is 0 Å². The number of carbonyl (C=O) groups excluding carboxylic acids is 2. The molecule has 2 amide bonds. The summed E-state index contributed by atoms with van der Waals surface area (Å²) in [4.78, 5) is 30.0. The molecule has 0 radical (unpaired) electrons. The molecule has 0 aliphatic rings. The highest BCUT2D eigenvalue weighted by molar-refractivity contribution is 7.92. The van der Waals surface area contributed by atoms with Gasteiger partial charge in [-0.3, -0.25) is 13.9 Å². The second kappa shape index (κ2) is 14.9. The first-order valence-corrected chi connectivity index (χ1v) is 17.2. The minimum Gasteiger partial charge on any atom is -0.350 e. The molecule has 0 saturated carbocycles. The van der Waals surface area contributed by atoms with Crippen molar-refractivity contribution in [1.82, 2.24) is 10.2 Å². The molecule has 0 aromatic heterocycles. The van der Waals surface area contributed by atoms with Crippen molar-refractivity contribution in [3.63, 3.8) is 0 Å². The van der Waals surface area contributed by atoms with E-state index >= 15 is 0 Å². The molecule has 0 aliphatic carbocycles. The molecule has 4 aromatic rings. The maximum absolute atomic E-state index is 14.6. The number of sulfonamides is 1. The third kappa shape index (κ3) is 8.82. The zero-order valence-corrected chi connectivity index (χ0v) is 29.1. The van der Waals surface area contributed by atoms with Crippen LogP contribution in [0, 0.1) is 6.92 Å². The number of anilines is 1. The van der Waals surface area contributed by atoms with E-state index in [1.807, 2.05) is 51.1 Å². The fourth-order valence-electron chi connectivity index (χ4n) is 4.85. The Morgan fingerprint density at radius 3 is 1.96 bits per heavy atom. The third-order valence-electron chi connectivity index (χ3n) is 7.21. The highest BCUT2D eigenvalue weighted by Crippen LogP contribution is 2.30. The lowest BCUT2D eigenvalue weighted by Crippen LogP contribution is -2.56. The van der Waals surface area contributed by atoms with Gasteiger partial charge in [-0.1, -0.05) is 95.5 Å². The van der Waals surface area contributed by atoms with Crippen LogP contribution in [0.4, 0.5) is 5.69 Å². The van der Waals surface area contributed by atoms with Crippen LogP contribution in [0.2, 0.25) is 15.1 Å². The van der Waals surface area contributed by atoms with Crippen LogP contribution >= 0.6 is 34.8 Å². The second-order valence-electron chi connectivity index (χ2n) is 11.9. The Morgan fingerprint density at radius 1 is 0.804 bits per heavy atom. The van der Waals surface area contributed by atoms with E-state index in [1.54, 1.807) is 55.5 Å². The van der Waals surface area contributed by atoms with Gasteiger partial charge in [-0.05, 0) is 75.2 Å². The minimum absolute atomic E-state index is 0.00786. The van der Waals surface area contributed by atoms with E-state index in [-0.39, 0.29) is 23.5 Å². The molecular formula is C35H36Cl3N3O4S. The number of nitrogens with zero attached hydrogens (tertiary/aromatic N) is 2. The molecule has 0 spiro atoms. The van der Waals surface area contributed by atoms with Gasteiger partial charge in [0.1, 0.15) is 12.6 Å². The van der Waals surface area contributed by atoms with Gasteiger partial charge in [-0.25, -0.2) is 8.42 Å². The monoisotopic (exact) mass is 699 g/mol. The summed E-state index contributed by atoms with van der Waals surface area (Å²) in [5, 5.41) is 3.94. The molecule has 0 aliphatic heterocycles. The van der Waals surface area contributed by atoms with Crippen molar-refractivity contribution in [2.24, 2.45) is 0 Å². The van der Waals surface area contributed by atoms with Crippen LogP contribution < -0.4 is 9.62 Å². The molecule has 46 heavy (non-hydrogen) atoms. The lowest BCUT2D eigenvalue weighted by molar-refractivity contribution is -0.140. The van der Waals surface area contributed by atoms with Gasteiger partial charge in [0.2, 0.25) is 11.8 Å². The normalized spacial score (nSPS) is 12.3. The fraction of sp³-hybridized carbons (Fsp3) is 0.257. The molecule has 242 valence electrons. The number of rotatable bonds is 11. The summed E-state index contributed by atoms with van der Waals surface area (Å²) in [6.07, 6.45) is 0.151. The fourth-order valence-corrected chi connectivity index (χ4v) is 6.96. The van der Waals surface area contributed by atoms with Crippen LogP contribution in [0.1, 0.15) is 37.5 Å². The molecular weight excluding hydrogens is 665 g/mol. The average Bonchev–Trinajstić information content (AvgIpc) is 3.00. The number of hydrogen-bond donors (Lipinski definition) is 1. The van der Waals surface area contributed by atoms with E-state index in [1.165, 1.54) is 23.1 Å². The quantitative estimate of drug-likeness (QED) is 0.174. The first kappa shape index (κ1) is 35.3. The van der Waals surface area contributed by atoms with Crippen molar-refractivity contribution in [3.8, 4) is 0 Å². The SMILES string of the molecule is Cc1ccc(N(CC(=O)N(Cc2c(Cl)cccc2Cl)[C@H](Cc2ccccc2)C(=O)NC(C)(C)C)S(=O)(=O)c2ccccc2)cc1Cl. The summed E-state index contributed by atoms with van der Waals surface area (Å²) in [5.74, 6) is -1.05. The lowest BCUT2D eigenvalue weighted by Gasteiger charge is -2.35. The summed E-state index contributed by atoms with van der Waals surface area (Å²) >= 11 is 19.6. The Morgan fingerprint density at radius 2 is 1.39 bits per heavy atom. The molecule has 0 heterocycles. The average molecular weight is 701 g/mol. The predicted molar refractivity (Wildman–Crippen MR) is 186 cm³/mol.